The van der Waals surface area contributed by atoms with Crippen LogP contribution in [0, 0.1) is 5.41 Å². The van der Waals surface area contributed by atoms with Crippen LogP contribution in [0.2, 0.25) is 10.0 Å². The number of nitrogen functional groups attached to an aromatic ring is 1. The molecule has 0 spiro atoms. The second kappa shape index (κ2) is 5.95. The molecule has 0 unspecified atom stereocenters. The van der Waals surface area contributed by atoms with E-state index in [1.165, 1.54) is 0 Å². The first kappa shape index (κ1) is 13.7. The van der Waals surface area contributed by atoms with E-state index >= 15 is 0 Å². The second-order valence-electron chi connectivity index (χ2n) is 3.97. The van der Waals surface area contributed by atoms with Crippen LogP contribution in [-0.2, 0) is 6.61 Å². The SMILES string of the molecule is N=C(N)c1ccc(Cl)cc1OCc1cccc(Cl)c1. The zero-order valence-electron chi connectivity index (χ0n) is 9.99. The van der Waals surface area contributed by atoms with Crippen LogP contribution in [0.3, 0.4) is 0 Å². The number of halogens is 2. The molecule has 0 aliphatic heterocycles. The first-order valence-corrected chi connectivity index (χ1v) is 6.33. The van der Waals surface area contributed by atoms with Gasteiger partial charge in [0.2, 0.25) is 0 Å². The van der Waals surface area contributed by atoms with E-state index < -0.39 is 0 Å². The van der Waals surface area contributed by atoms with Gasteiger partial charge >= 0.3 is 0 Å². The Labute approximate surface area is 121 Å². The van der Waals surface area contributed by atoms with Crippen molar-refractivity contribution < 1.29 is 4.74 Å². The summed E-state index contributed by atoms with van der Waals surface area (Å²) in [6, 6.07) is 12.4. The molecule has 5 heteroatoms. The Balaban J connectivity index is 2.19. The number of rotatable bonds is 4. The van der Waals surface area contributed by atoms with Gasteiger partial charge in [0.15, 0.2) is 0 Å². The van der Waals surface area contributed by atoms with Gasteiger partial charge in [0.25, 0.3) is 0 Å². The first-order chi connectivity index (χ1) is 9.06. The Bertz CT molecular complexity index is 614. The molecule has 0 aliphatic carbocycles. The summed E-state index contributed by atoms with van der Waals surface area (Å²) in [6.07, 6.45) is 0. The molecular formula is C14H12Cl2N2O. The Kier molecular flexibility index (Phi) is 4.30. The van der Waals surface area contributed by atoms with Crippen LogP contribution in [0.25, 0.3) is 0 Å². The number of ether oxygens (including phenoxy) is 1. The molecule has 98 valence electrons. The molecule has 0 fully saturated rings. The summed E-state index contributed by atoms with van der Waals surface area (Å²) in [4.78, 5) is 0. The highest BCUT2D eigenvalue weighted by atomic mass is 35.5. The first-order valence-electron chi connectivity index (χ1n) is 5.57. The van der Waals surface area contributed by atoms with Crippen molar-refractivity contribution in [1.82, 2.24) is 0 Å². The van der Waals surface area contributed by atoms with Crippen molar-refractivity contribution in [3.8, 4) is 5.75 Å². The molecule has 2 aromatic rings. The Morgan fingerprint density at radius 1 is 1.11 bits per heavy atom. The van der Waals surface area contributed by atoms with Crippen LogP contribution >= 0.6 is 23.2 Å². The van der Waals surface area contributed by atoms with Crippen LogP contribution < -0.4 is 10.5 Å². The van der Waals surface area contributed by atoms with E-state index in [2.05, 4.69) is 0 Å². The summed E-state index contributed by atoms with van der Waals surface area (Å²) < 4.78 is 5.66. The van der Waals surface area contributed by atoms with E-state index in [9.17, 15) is 0 Å². The number of hydrogen-bond donors (Lipinski definition) is 2. The van der Waals surface area contributed by atoms with Gasteiger partial charge in [-0.2, -0.15) is 0 Å². The third kappa shape index (κ3) is 3.63. The molecule has 0 saturated carbocycles. The van der Waals surface area contributed by atoms with Crippen molar-refractivity contribution in [3.63, 3.8) is 0 Å². The summed E-state index contributed by atoms with van der Waals surface area (Å²) in [7, 11) is 0. The lowest BCUT2D eigenvalue weighted by atomic mass is 10.2. The monoisotopic (exact) mass is 294 g/mol. The summed E-state index contributed by atoms with van der Waals surface area (Å²) in [6.45, 7) is 0.335. The highest BCUT2D eigenvalue weighted by Crippen LogP contribution is 2.24. The Morgan fingerprint density at radius 3 is 2.53 bits per heavy atom. The van der Waals surface area contributed by atoms with Gasteiger partial charge in [0.05, 0.1) is 5.56 Å². The molecule has 3 nitrogen and oxygen atoms in total. The maximum Gasteiger partial charge on any atom is 0.132 e. The fourth-order valence-corrected chi connectivity index (χ4v) is 2.00. The molecule has 0 aromatic heterocycles. The number of hydrogen-bond acceptors (Lipinski definition) is 2. The standard InChI is InChI=1S/C14H12Cl2N2O/c15-10-3-1-2-9(6-10)8-19-13-7-11(16)4-5-12(13)14(17)18/h1-7H,8H2,(H3,17,18). The van der Waals surface area contributed by atoms with Crippen molar-refractivity contribution in [2.24, 2.45) is 5.73 Å². The minimum atomic E-state index is -0.0576. The van der Waals surface area contributed by atoms with E-state index in [4.69, 9.17) is 39.1 Å². The summed E-state index contributed by atoms with van der Waals surface area (Å²) in [5, 5.41) is 8.68. The van der Waals surface area contributed by atoms with Crippen molar-refractivity contribution in [2.45, 2.75) is 6.61 Å². The maximum atomic E-state index is 7.50. The van der Waals surface area contributed by atoms with Gasteiger partial charge in [-0.05, 0) is 35.9 Å². The lowest BCUT2D eigenvalue weighted by Crippen LogP contribution is -2.13. The zero-order valence-corrected chi connectivity index (χ0v) is 11.5. The van der Waals surface area contributed by atoms with E-state index in [0.717, 1.165) is 5.56 Å². The number of nitrogens with one attached hydrogen (secondary N) is 1. The van der Waals surface area contributed by atoms with E-state index in [1.807, 2.05) is 18.2 Å². The summed E-state index contributed by atoms with van der Waals surface area (Å²) >= 11 is 11.8. The molecule has 19 heavy (non-hydrogen) atoms. The number of amidine groups is 1. The molecule has 0 heterocycles. The number of nitrogens with two attached hydrogens (primary N) is 1. The molecule has 0 aliphatic rings. The van der Waals surface area contributed by atoms with Crippen LogP contribution in [-0.4, -0.2) is 5.84 Å². The fraction of sp³-hybridized carbons (Fsp3) is 0.0714. The lowest BCUT2D eigenvalue weighted by molar-refractivity contribution is 0.305. The quantitative estimate of drug-likeness (QED) is 0.664. The van der Waals surface area contributed by atoms with Gasteiger partial charge in [-0.15, -0.1) is 0 Å². The third-order valence-electron chi connectivity index (χ3n) is 2.52. The van der Waals surface area contributed by atoms with Gasteiger partial charge in [0.1, 0.15) is 18.2 Å². The molecule has 0 radical (unpaired) electrons. The van der Waals surface area contributed by atoms with Gasteiger partial charge < -0.3 is 10.5 Å². The van der Waals surface area contributed by atoms with Crippen LogP contribution in [0.4, 0.5) is 0 Å². The zero-order chi connectivity index (χ0) is 13.8. The molecular weight excluding hydrogens is 283 g/mol. The van der Waals surface area contributed by atoms with Crippen LogP contribution in [0.5, 0.6) is 5.75 Å². The molecule has 0 saturated heterocycles. The fourth-order valence-electron chi connectivity index (χ4n) is 1.63. The molecule has 3 N–H and O–H groups in total. The van der Waals surface area contributed by atoms with E-state index in [0.29, 0.717) is 28.0 Å². The number of benzene rings is 2. The normalized spacial score (nSPS) is 10.2. The van der Waals surface area contributed by atoms with Crippen molar-refractivity contribution in [1.29, 1.82) is 5.41 Å². The molecule has 0 bridgehead atoms. The average Bonchev–Trinajstić information content (AvgIpc) is 2.36. The van der Waals surface area contributed by atoms with Crippen molar-refractivity contribution in [3.05, 3.63) is 63.6 Å². The minimum Gasteiger partial charge on any atom is -0.488 e. The van der Waals surface area contributed by atoms with E-state index in [1.54, 1.807) is 24.3 Å². The van der Waals surface area contributed by atoms with Crippen molar-refractivity contribution in [2.75, 3.05) is 0 Å². The van der Waals surface area contributed by atoms with Gasteiger partial charge in [-0.3, -0.25) is 5.41 Å². The van der Waals surface area contributed by atoms with Gasteiger partial charge in [-0.25, -0.2) is 0 Å². The van der Waals surface area contributed by atoms with Crippen LogP contribution in [0.15, 0.2) is 42.5 Å². The summed E-state index contributed by atoms with van der Waals surface area (Å²) in [5.41, 5.74) is 6.95. The molecule has 0 amide bonds. The average molecular weight is 295 g/mol. The highest BCUT2D eigenvalue weighted by Gasteiger charge is 2.08. The second-order valence-corrected chi connectivity index (χ2v) is 4.85. The highest BCUT2D eigenvalue weighted by molar-refractivity contribution is 6.31. The summed E-state index contributed by atoms with van der Waals surface area (Å²) in [5.74, 6) is 0.428. The van der Waals surface area contributed by atoms with Crippen molar-refractivity contribution >= 4 is 29.0 Å². The predicted molar refractivity (Wildman–Crippen MR) is 78.3 cm³/mol. The van der Waals surface area contributed by atoms with Crippen LogP contribution in [0.1, 0.15) is 11.1 Å². The molecule has 0 atom stereocenters. The maximum absolute atomic E-state index is 7.50. The largest absolute Gasteiger partial charge is 0.488 e. The lowest BCUT2D eigenvalue weighted by Gasteiger charge is -2.11. The van der Waals surface area contributed by atoms with Gasteiger partial charge in [0, 0.05) is 10.0 Å². The molecule has 2 rings (SSSR count). The predicted octanol–water partition coefficient (Wildman–Crippen LogP) is 3.86. The topological polar surface area (TPSA) is 59.1 Å². The Morgan fingerprint density at radius 2 is 1.84 bits per heavy atom. The minimum absolute atomic E-state index is 0.0576. The van der Waals surface area contributed by atoms with E-state index in [-0.39, 0.29) is 5.84 Å². The smallest absolute Gasteiger partial charge is 0.132 e. The molecule has 2 aromatic carbocycles. The third-order valence-corrected chi connectivity index (χ3v) is 2.99. The Hall–Kier alpha value is -1.71. The van der Waals surface area contributed by atoms with Gasteiger partial charge in [-0.1, -0.05) is 35.3 Å².